The number of fused-ring (bicyclic) bond motifs is 3. The monoisotopic (exact) mass is 328 g/mol. The average Bonchev–Trinajstić information content (AvgIpc) is 2.99. The van der Waals surface area contributed by atoms with Gasteiger partial charge in [0.15, 0.2) is 0 Å². The zero-order chi connectivity index (χ0) is 18.2. The lowest BCUT2D eigenvalue weighted by Crippen LogP contribution is -1.89. The molecule has 0 radical (unpaired) electrons. The van der Waals surface area contributed by atoms with Gasteiger partial charge in [-0.1, -0.05) is 55.1 Å². The Morgan fingerprint density at radius 1 is 1.20 bits per heavy atom. The Morgan fingerprint density at radius 2 is 1.96 bits per heavy atom. The molecule has 3 rings (SSSR count). The molecule has 0 atom stereocenters. The Bertz CT molecular complexity index is 1000. The van der Waals surface area contributed by atoms with Gasteiger partial charge in [-0.25, -0.2) is 0 Å². The van der Waals surface area contributed by atoms with Crippen molar-refractivity contribution in [1.29, 1.82) is 5.26 Å². The van der Waals surface area contributed by atoms with E-state index in [0.29, 0.717) is 5.57 Å². The molecule has 2 heterocycles. The van der Waals surface area contributed by atoms with Crippen LogP contribution in [0.2, 0.25) is 0 Å². The number of aromatic nitrogens is 1. The van der Waals surface area contributed by atoms with E-state index < -0.39 is 0 Å². The van der Waals surface area contributed by atoms with Crippen LogP contribution in [0.25, 0.3) is 16.4 Å². The number of carbonyl (C=O) groups is 1. The number of aldehydes is 1. The molecule has 3 heteroatoms. The van der Waals surface area contributed by atoms with Crippen molar-refractivity contribution in [3.63, 3.8) is 0 Å². The standard InChI is InChI=1S/C14H10N2.C8H10O/c1-10-8-12(9-15)14-7-6-11-4-2-3-5-13(11)16(10)14;1-3-5-6-8(4-2)7-9/h2-8H,1H3;3-7H,2H2,1H3/b;5-3-,8-6+. The number of pyridine rings is 1. The van der Waals surface area contributed by atoms with Gasteiger partial charge in [-0.15, -0.1) is 0 Å². The smallest absolute Gasteiger partial charge is 0.150 e. The van der Waals surface area contributed by atoms with Crippen molar-refractivity contribution in [2.45, 2.75) is 13.8 Å². The molecule has 0 saturated carbocycles. The van der Waals surface area contributed by atoms with Crippen molar-refractivity contribution in [2.75, 3.05) is 0 Å². The molecule has 0 aliphatic carbocycles. The van der Waals surface area contributed by atoms with Gasteiger partial charge >= 0.3 is 0 Å². The molecule has 0 aliphatic rings. The third kappa shape index (κ3) is 3.94. The summed E-state index contributed by atoms with van der Waals surface area (Å²) >= 11 is 0. The van der Waals surface area contributed by atoms with Crippen molar-refractivity contribution in [3.05, 3.63) is 90.2 Å². The van der Waals surface area contributed by atoms with Crippen LogP contribution in [0.15, 0.2) is 78.9 Å². The van der Waals surface area contributed by atoms with Crippen LogP contribution < -0.4 is 0 Å². The number of nitrogens with zero attached hydrogens (tertiary/aromatic N) is 2. The largest absolute Gasteiger partial charge is 0.313 e. The number of allylic oxidation sites excluding steroid dienone is 5. The van der Waals surface area contributed by atoms with Crippen LogP contribution in [-0.2, 0) is 4.79 Å². The molecule has 1 aromatic carbocycles. The summed E-state index contributed by atoms with van der Waals surface area (Å²) in [5.41, 5.74) is 4.58. The summed E-state index contributed by atoms with van der Waals surface area (Å²) < 4.78 is 2.13. The maximum Gasteiger partial charge on any atom is 0.150 e. The lowest BCUT2D eigenvalue weighted by Gasteiger charge is -2.04. The molecular weight excluding hydrogens is 308 g/mol. The fraction of sp³-hybridized carbons (Fsp3) is 0.0909. The average molecular weight is 328 g/mol. The molecule has 3 aromatic rings. The lowest BCUT2D eigenvalue weighted by atomic mass is 10.2. The summed E-state index contributed by atoms with van der Waals surface area (Å²) in [6, 6.07) is 16.4. The van der Waals surface area contributed by atoms with E-state index in [2.05, 4.69) is 35.2 Å². The van der Waals surface area contributed by atoms with Crippen LogP contribution in [0.3, 0.4) is 0 Å². The first kappa shape index (κ1) is 18.0. The summed E-state index contributed by atoms with van der Waals surface area (Å²) in [5, 5.41) is 10.3. The lowest BCUT2D eigenvalue weighted by molar-refractivity contribution is -0.104. The molecule has 3 nitrogen and oxygen atoms in total. The summed E-state index contributed by atoms with van der Waals surface area (Å²) in [5.74, 6) is 0. The summed E-state index contributed by atoms with van der Waals surface area (Å²) in [6.45, 7) is 7.37. The van der Waals surface area contributed by atoms with Crippen LogP contribution in [0.1, 0.15) is 18.2 Å². The summed E-state index contributed by atoms with van der Waals surface area (Å²) in [6.07, 6.45) is 7.65. The first-order valence-corrected chi connectivity index (χ1v) is 7.96. The molecule has 2 aromatic heterocycles. The van der Waals surface area contributed by atoms with E-state index in [1.54, 1.807) is 12.2 Å². The van der Waals surface area contributed by atoms with E-state index in [9.17, 15) is 4.79 Å². The maximum atomic E-state index is 10.1. The van der Waals surface area contributed by atoms with Crippen molar-refractivity contribution in [1.82, 2.24) is 4.40 Å². The first-order valence-electron chi connectivity index (χ1n) is 7.96. The SMILES string of the molecule is C=C/C(C=O)=C\C=C/C.Cc1cc(C#N)c2ccc3ccccc3n12. The molecule has 124 valence electrons. The topological polar surface area (TPSA) is 45.3 Å². The molecule has 0 N–H and O–H groups in total. The number of benzene rings is 1. The molecule has 0 saturated heterocycles. The minimum atomic E-state index is 0.605. The van der Waals surface area contributed by atoms with E-state index in [1.165, 1.54) is 11.5 Å². The molecule has 0 amide bonds. The molecule has 0 aliphatic heterocycles. The Balaban J connectivity index is 0.000000217. The third-order valence-corrected chi connectivity index (χ3v) is 3.79. The van der Waals surface area contributed by atoms with Gasteiger partial charge in [0.2, 0.25) is 0 Å². The van der Waals surface area contributed by atoms with Gasteiger partial charge in [-0.05, 0) is 37.4 Å². The predicted molar refractivity (Wildman–Crippen MR) is 104 cm³/mol. The number of hydrogen-bond acceptors (Lipinski definition) is 2. The Labute approximate surface area is 147 Å². The minimum absolute atomic E-state index is 0.605. The van der Waals surface area contributed by atoms with E-state index in [1.807, 2.05) is 44.2 Å². The van der Waals surface area contributed by atoms with E-state index >= 15 is 0 Å². The first-order chi connectivity index (χ1) is 12.2. The summed E-state index contributed by atoms with van der Waals surface area (Å²) in [7, 11) is 0. The van der Waals surface area contributed by atoms with Crippen molar-refractivity contribution >= 4 is 22.7 Å². The molecular formula is C22H20N2O. The van der Waals surface area contributed by atoms with Crippen LogP contribution >= 0.6 is 0 Å². The molecule has 0 unspecified atom stereocenters. The highest BCUT2D eigenvalue weighted by Crippen LogP contribution is 2.22. The number of para-hydroxylation sites is 1. The van der Waals surface area contributed by atoms with Gasteiger partial charge in [-0.3, -0.25) is 4.79 Å². The number of hydrogen-bond donors (Lipinski definition) is 0. The quantitative estimate of drug-likeness (QED) is 0.379. The zero-order valence-electron chi connectivity index (χ0n) is 14.4. The predicted octanol–water partition coefficient (Wildman–Crippen LogP) is 5.15. The van der Waals surface area contributed by atoms with Crippen LogP contribution in [0.4, 0.5) is 0 Å². The molecule has 0 bridgehead atoms. The number of aryl methyl sites for hydroxylation is 1. The highest BCUT2D eigenvalue weighted by Gasteiger charge is 2.07. The van der Waals surface area contributed by atoms with Crippen LogP contribution in [-0.4, -0.2) is 10.7 Å². The fourth-order valence-corrected chi connectivity index (χ4v) is 2.60. The number of nitriles is 1. The second-order valence-corrected chi connectivity index (χ2v) is 5.44. The molecule has 25 heavy (non-hydrogen) atoms. The van der Waals surface area contributed by atoms with Gasteiger partial charge in [0.05, 0.1) is 16.6 Å². The highest BCUT2D eigenvalue weighted by molar-refractivity contribution is 5.85. The van der Waals surface area contributed by atoms with Crippen LogP contribution in [0, 0.1) is 18.3 Å². The van der Waals surface area contributed by atoms with Gasteiger partial charge in [0, 0.05) is 11.3 Å². The molecule has 0 spiro atoms. The van der Waals surface area contributed by atoms with Gasteiger partial charge in [0.25, 0.3) is 0 Å². The highest BCUT2D eigenvalue weighted by atomic mass is 16.1. The summed E-state index contributed by atoms with van der Waals surface area (Å²) in [4.78, 5) is 10.1. The Morgan fingerprint density at radius 3 is 2.60 bits per heavy atom. The van der Waals surface area contributed by atoms with Gasteiger partial charge in [-0.2, -0.15) is 5.26 Å². The van der Waals surface area contributed by atoms with Gasteiger partial charge in [0.1, 0.15) is 12.4 Å². The molecule has 0 fully saturated rings. The minimum Gasteiger partial charge on any atom is -0.313 e. The maximum absolute atomic E-state index is 10.1. The number of rotatable bonds is 3. The number of carbonyl (C=O) groups excluding carboxylic acids is 1. The second kappa shape index (κ2) is 8.47. The van der Waals surface area contributed by atoms with E-state index in [4.69, 9.17) is 5.26 Å². The van der Waals surface area contributed by atoms with Crippen molar-refractivity contribution in [2.24, 2.45) is 0 Å². The third-order valence-electron chi connectivity index (χ3n) is 3.79. The van der Waals surface area contributed by atoms with Crippen molar-refractivity contribution < 1.29 is 4.79 Å². The van der Waals surface area contributed by atoms with E-state index in [-0.39, 0.29) is 0 Å². The second-order valence-electron chi connectivity index (χ2n) is 5.44. The Kier molecular flexibility index (Phi) is 6.08. The van der Waals surface area contributed by atoms with Crippen molar-refractivity contribution in [3.8, 4) is 6.07 Å². The zero-order valence-corrected chi connectivity index (χ0v) is 14.4. The van der Waals surface area contributed by atoms with Gasteiger partial charge < -0.3 is 4.40 Å². The normalized spacial score (nSPS) is 11.2. The Hall–Kier alpha value is -3.38. The fourth-order valence-electron chi connectivity index (χ4n) is 2.60. The van der Waals surface area contributed by atoms with Crippen LogP contribution in [0.5, 0.6) is 0 Å². The van der Waals surface area contributed by atoms with E-state index in [0.717, 1.165) is 28.6 Å².